The van der Waals surface area contributed by atoms with Crippen molar-refractivity contribution in [2.75, 3.05) is 39.4 Å². The molecule has 0 spiro atoms. The molecule has 0 unspecified atom stereocenters. The maximum atomic E-state index is 5.78. The fourth-order valence-electron chi connectivity index (χ4n) is 5.06. The van der Waals surface area contributed by atoms with Crippen LogP contribution in [0.15, 0.2) is 24.4 Å². The van der Waals surface area contributed by atoms with Gasteiger partial charge in [-0.2, -0.15) is 5.10 Å². The summed E-state index contributed by atoms with van der Waals surface area (Å²) in [4.78, 5) is 5.32. The topological polar surface area (TPSA) is 42.8 Å². The lowest BCUT2D eigenvalue weighted by Gasteiger charge is -2.40. The zero-order chi connectivity index (χ0) is 19.6. The third kappa shape index (κ3) is 4.14. The van der Waals surface area contributed by atoms with E-state index in [0.29, 0.717) is 13.2 Å². The van der Waals surface area contributed by atoms with E-state index < -0.39 is 0 Å². The molecule has 2 aliphatic heterocycles. The lowest BCUT2D eigenvalue weighted by Crippen LogP contribution is -2.50. The van der Waals surface area contributed by atoms with Gasteiger partial charge in [0.1, 0.15) is 13.2 Å². The van der Waals surface area contributed by atoms with Crippen molar-refractivity contribution >= 4 is 0 Å². The van der Waals surface area contributed by atoms with Crippen LogP contribution < -0.4 is 9.47 Å². The summed E-state index contributed by atoms with van der Waals surface area (Å²) in [5.74, 6) is 1.66. The fourth-order valence-corrected chi connectivity index (χ4v) is 5.06. The maximum absolute atomic E-state index is 5.78. The molecule has 6 heteroatoms. The van der Waals surface area contributed by atoms with Crippen LogP contribution in [0.4, 0.5) is 0 Å². The first-order valence-electron chi connectivity index (χ1n) is 11.2. The molecule has 1 saturated heterocycles. The molecule has 2 aromatic rings. The van der Waals surface area contributed by atoms with E-state index in [-0.39, 0.29) is 0 Å². The van der Waals surface area contributed by atoms with Crippen molar-refractivity contribution < 1.29 is 9.47 Å². The molecule has 3 aliphatic rings. The summed E-state index contributed by atoms with van der Waals surface area (Å²) in [5, 5.41) is 4.77. The molecule has 2 fully saturated rings. The number of rotatable bonds is 4. The van der Waals surface area contributed by atoms with Crippen molar-refractivity contribution in [2.45, 2.75) is 44.7 Å². The number of fused-ring (bicyclic) bond motifs is 1. The number of aromatic nitrogens is 2. The Morgan fingerprint density at radius 3 is 2.52 bits per heavy atom. The normalized spacial score (nSPS) is 21.4. The third-order valence-electron chi connectivity index (χ3n) is 6.61. The first-order valence-corrected chi connectivity index (χ1v) is 11.2. The minimum atomic E-state index is 0.608. The van der Waals surface area contributed by atoms with Gasteiger partial charge in [-0.1, -0.05) is 19.3 Å². The number of benzene rings is 1. The van der Waals surface area contributed by atoms with Crippen molar-refractivity contribution in [2.24, 2.45) is 7.05 Å². The summed E-state index contributed by atoms with van der Waals surface area (Å²) in [6, 6.07) is 7.00. The van der Waals surface area contributed by atoms with Crippen LogP contribution in [0, 0.1) is 0 Å². The van der Waals surface area contributed by atoms with Gasteiger partial charge in [-0.15, -0.1) is 0 Å². The zero-order valence-electron chi connectivity index (χ0n) is 17.5. The summed E-state index contributed by atoms with van der Waals surface area (Å²) in [6.07, 6.45) is 9.23. The van der Waals surface area contributed by atoms with Gasteiger partial charge in [-0.25, -0.2) is 0 Å². The number of piperazine rings is 1. The van der Waals surface area contributed by atoms with Crippen molar-refractivity contribution in [1.82, 2.24) is 19.6 Å². The second kappa shape index (κ2) is 8.36. The number of hydrogen-bond donors (Lipinski definition) is 0. The van der Waals surface area contributed by atoms with Crippen LogP contribution in [-0.4, -0.2) is 65.0 Å². The summed E-state index contributed by atoms with van der Waals surface area (Å²) >= 11 is 0. The van der Waals surface area contributed by atoms with E-state index >= 15 is 0 Å². The average Bonchev–Trinajstić information content (AvgIpc) is 3.14. The van der Waals surface area contributed by atoms with Gasteiger partial charge in [0, 0.05) is 63.1 Å². The highest BCUT2D eigenvalue weighted by Gasteiger charge is 2.26. The fraction of sp³-hybridized carbons (Fsp3) is 0.609. The highest BCUT2D eigenvalue weighted by molar-refractivity contribution is 5.66. The standard InChI is InChI=1S/C23H32N4O2/c1-25-16-19(17-26-9-11-27(12-10-26)20-5-3-2-4-6-20)23(24-25)18-7-8-21-22(15-18)29-14-13-28-21/h7-8,15-16,20H,2-6,9-14,17H2,1H3. The predicted molar refractivity (Wildman–Crippen MR) is 113 cm³/mol. The van der Waals surface area contributed by atoms with Crippen LogP contribution in [0.1, 0.15) is 37.7 Å². The molecule has 3 heterocycles. The molecule has 0 radical (unpaired) electrons. The maximum Gasteiger partial charge on any atom is 0.162 e. The van der Waals surface area contributed by atoms with Gasteiger partial charge < -0.3 is 9.47 Å². The molecule has 1 aliphatic carbocycles. The van der Waals surface area contributed by atoms with Crippen molar-refractivity contribution in [3.63, 3.8) is 0 Å². The third-order valence-corrected chi connectivity index (χ3v) is 6.61. The van der Waals surface area contributed by atoms with E-state index in [4.69, 9.17) is 14.6 Å². The van der Waals surface area contributed by atoms with Crippen molar-refractivity contribution in [3.8, 4) is 22.8 Å². The van der Waals surface area contributed by atoms with Crippen molar-refractivity contribution in [1.29, 1.82) is 0 Å². The molecule has 1 saturated carbocycles. The van der Waals surface area contributed by atoms with Gasteiger partial charge in [0.25, 0.3) is 0 Å². The minimum absolute atomic E-state index is 0.608. The van der Waals surface area contributed by atoms with Crippen LogP contribution in [0.5, 0.6) is 11.5 Å². The van der Waals surface area contributed by atoms with Gasteiger partial charge in [0.15, 0.2) is 11.5 Å². The van der Waals surface area contributed by atoms with Gasteiger partial charge in [0.05, 0.1) is 5.69 Å². The van der Waals surface area contributed by atoms with Crippen LogP contribution in [-0.2, 0) is 13.6 Å². The summed E-state index contributed by atoms with van der Waals surface area (Å²) < 4.78 is 13.4. The molecule has 0 amide bonds. The molecular formula is C23H32N4O2. The Hall–Kier alpha value is -2.05. The van der Waals surface area contributed by atoms with Gasteiger partial charge in [-0.05, 0) is 31.0 Å². The SMILES string of the molecule is Cn1cc(CN2CCN(C3CCCCC3)CC2)c(-c2ccc3c(c2)OCCO3)n1. The van der Waals surface area contributed by atoms with Crippen LogP contribution >= 0.6 is 0 Å². The Balaban J connectivity index is 1.27. The van der Waals surface area contributed by atoms with E-state index in [0.717, 1.165) is 48.4 Å². The molecule has 5 rings (SSSR count). The number of hydrogen-bond acceptors (Lipinski definition) is 5. The van der Waals surface area contributed by atoms with E-state index in [1.807, 2.05) is 17.8 Å². The highest BCUT2D eigenvalue weighted by atomic mass is 16.6. The molecule has 0 N–H and O–H groups in total. The molecule has 156 valence electrons. The van der Waals surface area contributed by atoms with E-state index in [9.17, 15) is 0 Å². The Morgan fingerprint density at radius 1 is 0.966 bits per heavy atom. The van der Waals surface area contributed by atoms with Crippen LogP contribution in [0.2, 0.25) is 0 Å². The molecule has 29 heavy (non-hydrogen) atoms. The summed E-state index contributed by atoms with van der Waals surface area (Å²) in [6.45, 7) is 6.87. The lowest BCUT2D eigenvalue weighted by molar-refractivity contribution is 0.0755. The van der Waals surface area contributed by atoms with Gasteiger partial charge in [-0.3, -0.25) is 14.5 Å². The Kier molecular flexibility index (Phi) is 5.46. The highest BCUT2D eigenvalue weighted by Crippen LogP contribution is 2.35. The Labute approximate surface area is 173 Å². The van der Waals surface area contributed by atoms with E-state index in [1.54, 1.807) is 0 Å². The number of nitrogens with zero attached hydrogens (tertiary/aromatic N) is 4. The van der Waals surface area contributed by atoms with Crippen LogP contribution in [0.25, 0.3) is 11.3 Å². The molecule has 1 aromatic heterocycles. The quantitative estimate of drug-likeness (QED) is 0.793. The average molecular weight is 397 g/mol. The predicted octanol–water partition coefficient (Wildman–Crippen LogP) is 3.31. The molecule has 1 aromatic carbocycles. The molecule has 0 atom stereocenters. The van der Waals surface area contributed by atoms with Crippen molar-refractivity contribution in [3.05, 3.63) is 30.0 Å². The lowest BCUT2D eigenvalue weighted by atomic mass is 9.94. The molecular weight excluding hydrogens is 364 g/mol. The minimum Gasteiger partial charge on any atom is -0.486 e. The number of aryl methyl sites for hydroxylation is 1. The van der Waals surface area contributed by atoms with Gasteiger partial charge >= 0.3 is 0 Å². The van der Waals surface area contributed by atoms with Gasteiger partial charge in [0.2, 0.25) is 0 Å². The first-order chi connectivity index (χ1) is 14.3. The Morgan fingerprint density at radius 2 is 1.72 bits per heavy atom. The number of ether oxygens (including phenoxy) is 2. The van der Waals surface area contributed by atoms with Crippen LogP contribution in [0.3, 0.4) is 0 Å². The molecule has 0 bridgehead atoms. The Bertz CT molecular complexity index is 835. The second-order valence-corrected chi connectivity index (χ2v) is 8.64. The van der Waals surface area contributed by atoms with E-state index in [2.05, 4.69) is 28.1 Å². The van der Waals surface area contributed by atoms with E-state index in [1.165, 1.54) is 50.8 Å². The smallest absolute Gasteiger partial charge is 0.162 e. The second-order valence-electron chi connectivity index (χ2n) is 8.64. The summed E-state index contributed by atoms with van der Waals surface area (Å²) in [5.41, 5.74) is 3.44. The zero-order valence-corrected chi connectivity index (χ0v) is 17.5. The first kappa shape index (κ1) is 18.9. The largest absolute Gasteiger partial charge is 0.486 e. The monoisotopic (exact) mass is 396 g/mol. The summed E-state index contributed by atoms with van der Waals surface area (Å²) in [7, 11) is 2.01. The molecule has 6 nitrogen and oxygen atoms in total.